The molecule has 0 bridgehead atoms. The Kier molecular flexibility index (Phi) is 18.6. The number of hydrogen-bond acceptors (Lipinski definition) is 1. The van der Waals surface area contributed by atoms with Crippen LogP contribution in [0.5, 0.6) is 0 Å². The van der Waals surface area contributed by atoms with Gasteiger partial charge in [-0.2, -0.15) is 0 Å². The molecule has 1 amide bonds. The molecule has 2 nitrogen and oxygen atoms in total. The first-order chi connectivity index (χ1) is 11.3. The molecule has 0 fully saturated rings. The van der Waals surface area contributed by atoms with E-state index in [-0.39, 0.29) is 5.91 Å². The highest BCUT2D eigenvalue weighted by atomic mass is 16.1. The summed E-state index contributed by atoms with van der Waals surface area (Å²) in [6.07, 6.45) is 23.8. The Hall–Kier alpha value is -0.790. The zero-order chi connectivity index (χ0) is 17.0. The van der Waals surface area contributed by atoms with Gasteiger partial charge in [-0.15, -0.1) is 0 Å². The van der Waals surface area contributed by atoms with E-state index in [2.05, 4.69) is 19.2 Å². The van der Waals surface area contributed by atoms with E-state index in [1.54, 1.807) is 6.08 Å². The van der Waals surface area contributed by atoms with E-state index in [4.69, 9.17) is 0 Å². The third-order valence-electron chi connectivity index (χ3n) is 4.29. The summed E-state index contributed by atoms with van der Waals surface area (Å²) in [4.78, 5) is 11.3. The first-order valence-corrected chi connectivity index (χ1v) is 10.3. The topological polar surface area (TPSA) is 29.1 Å². The Bertz CT molecular complexity index is 273. The molecule has 0 aliphatic heterocycles. The highest BCUT2D eigenvalue weighted by molar-refractivity contribution is 5.87. The van der Waals surface area contributed by atoms with Crippen LogP contribution in [0.4, 0.5) is 0 Å². The molecule has 0 rings (SSSR count). The van der Waals surface area contributed by atoms with Crippen LogP contribution in [0.25, 0.3) is 0 Å². The quantitative estimate of drug-likeness (QED) is 0.239. The lowest BCUT2D eigenvalue weighted by molar-refractivity contribution is -0.116. The van der Waals surface area contributed by atoms with Crippen molar-refractivity contribution in [2.45, 2.75) is 110 Å². The highest BCUT2D eigenvalue weighted by Gasteiger charge is 1.94. The fourth-order valence-corrected chi connectivity index (χ4v) is 2.78. The van der Waals surface area contributed by atoms with E-state index in [1.807, 2.05) is 6.08 Å². The predicted octanol–water partition coefficient (Wildman–Crippen LogP) is 6.55. The van der Waals surface area contributed by atoms with E-state index in [1.165, 1.54) is 83.5 Å². The summed E-state index contributed by atoms with van der Waals surface area (Å²) in [6, 6.07) is 0. The van der Waals surface area contributed by atoms with Crippen LogP contribution in [-0.4, -0.2) is 12.5 Å². The first-order valence-electron chi connectivity index (χ1n) is 10.3. The van der Waals surface area contributed by atoms with Crippen molar-refractivity contribution >= 4 is 5.91 Å². The van der Waals surface area contributed by atoms with Crippen molar-refractivity contribution < 1.29 is 4.79 Å². The fourth-order valence-electron chi connectivity index (χ4n) is 2.78. The second kappa shape index (κ2) is 19.3. The summed E-state index contributed by atoms with van der Waals surface area (Å²) in [7, 11) is 0. The van der Waals surface area contributed by atoms with Gasteiger partial charge < -0.3 is 5.32 Å². The molecule has 0 radical (unpaired) electrons. The lowest BCUT2D eigenvalue weighted by atomic mass is 10.0. The van der Waals surface area contributed by atoms with E-state index < -0.39 is 0 Å². The molecule has 1 N–H and O–H groups in total. The molecule has 0 aromatic rings. The van der Waals surface area contributed by atoms with E-state index in [0.717, 1.165) is 19.4 Å². The molecule has 0 aromatic carbocycles. The largest absolute Gasteiger partial charge is 0.353 e. The van der Waals surface area contributed by atoms with Crippen LogP contribution in [0.3, 0.4) is 0 Å². The maximum Gasteiger partial charge on any atom is 0.243 e. The molecule has 0 saturated carbocycles. The van der Waals surface area contributed by atoms with Gasteiger partial charge in [0, 0.05) is 6.54 Å². The van der Waals surface area contributed by atoms with E-state index in [0.29, 0.717) is 0 Å². The molecule has 23 heavy (non-hydrogen) atoms. The number of hydrogen-bond donors (Lipinski definition) is 1. The Labute approximate surface area is 145 Å². The molecular weight excluding hydrogens is 282 g/mol. The summed E-state index contributed by atoms with van der Waals surface area (Å²) in [6.45, 7) is 5.13. The van der Waals surface area contributed by atoms with E-state index in [9.17, 15) is 4.79 Å². The Morgan fingerprint density at radius 1 is 0.696 bits per heavy atom. The van der Waals surface area contributed by atoms with Gasteiger partial charge in [-0.1, -0.05) is 97.0 Å². The molecule has 0 spiro atoms. The molecule has 0 saturated heterocycles. The van der Waals surface area contributed by atoms with Crippen LogP contribution < -0.4 is 5.32 Å². The van der Waals surface area contributed by atoms with Gasteiger partial charge in [-0.25, -0.2) is 0 Å². The molecule has 0 atom stereocenters. The summed E-state index contributed by atoms with van der Waals surface area (Å²) in [5.41, 5.74) is 0. The van der Waals surface area contributed by atoms with Gasteiger partial charge in [0.1, 0.15) is 0 Å². The molecule has 0 aliphatic carbocycles. The third kappa shape index (κ3) is 19.2. The third-order valence-corrected chi connectivity index (χ3v) is 4.29. The molecular formula is C21H41NO. The van der Waals surface area contributed by atoms with Gasteiger partial charge in [0.15, 0.2) is 0 Å². The van der Waals surface area contributed by atoms with Crippen molar-refractivity contribution in [2.75, 3.05) is 6.54 Å². The number of unbranched alkanes of at least 4 members (excludes halogenated alkanes) is 13. The molecule has 136 valence electrons. The molecule has 0 aliphatic rings. The van der Waals surface area contributed by atoms with Crippen LogP contribution in [-0.2, 0) is 4.79 Å². The number of carbonyl (C=O) groups excluding carboxylic acids is 1. The predicted molar refractivity (Wildman–Crippen MR) is 103 cm³/mol. The van der Waals surface area contributed by atoms with Crippen LogP contribution in [0.2, 0.25) is 0 Å². The Morgan fingerprint density at radius 2 is 1.17 bits per heavy atom. The minimum Gasteiger partial charge on any atom is -0.353 e. The second-order valence-corrected chi connectivity index (χ2v) is 6.72. The van der Waals surface area contributed by atoms with Crippen LogP contribution in [0.15, 0.2) is 12.2 Å². The smallest absolute Gasteiger partial charge is 0.243 e. The van der Waals surface area contributed by atoms with Gasteiger partial charge in [-0.3, -0.25) is 4.79 Å². The first kappa shape index (κ1) is 22.2. The number of allylic oxidation sites excluding steroid dienone is 1. The number of rotatable bonds is 17. The molecule has 0 aromatic heterocycles. The van der Waals surface area contributed by atoms with E-state index >= 15 is 0 Å². The zero-order valence-electron chi connectivity index (χ0n) is 15.9. The minimum atomic E-state index is 0.0570. The van der Waals surface area contributed by atoms with Crippen molar-refractivity contribution in [3.63, 3.8) is 0 Å². The number of amides is 1. The summed E-state index contributed by atoms with van der Waals surface area (Å²) < 4.78 is 0. The SMILES string of the molecule is CCCCCCCCCCCCCCCC=CC(=O)NCCC. The monoisotopic (exact) mass is 323 g/mol. The van der Waals surface area contributed by atoms with Crippen molar-refractivity contribution in [2.24, 2.45) is 0 Å². The average Bonchev–Trinajstić information content (AvgIpc) is 2.56. The fraction of sp³-hybridized carbons (Fsp3) is 0.857. The van der Waals surface area contributed by atoms with Crippen LogP contribution in [0, 0.1) is 0 Å². The van der Waals surface area contributed by atoms with Crippen LogP contribution in [0.1, 0.15) is 110 Å². The molecule has 0 unspecified atom stereocenters. The lowest BCUT2D eigenvalue weighted by Crippen LogP contribution is -2.21. The van der Waals surface area contributed by atoms with Crippen molar-refractivity contribution in [1.29, 1.82) is 0 Å². The standard InChI is InChI=1S/C21H41NO/c1-3-5-6-7-8-9-10-11-12-13-14-15-16-17-18-19-21(23)22-20-4-2/h18-19H,3-17,20H2,1-2H3,(H,22,23). The van der Waals surface area contributed by atoms with Crippen molar-refractivity contribution in [3.8, 4) is 0 Å². The normalized spacial score (nSPS) is 11.2. The summed E-state index contributed by atoms with van der Waals surface area (Å²) in [5.74, 6) is 0.0570. The molecule has 2 heteroatoms. The van der Waals surface area contributed by atoms with Gasteiger partial charge in [0.2, 0.25) is 5.91 Å². The Balaban J connectivity index is 3.13. The number of carbonyl (C=O) groups is 1. The molecule has 0 heterocycles. The lowest BCUT2D eigenvalue weighted by Gasteiger charge is -2.02. The van der Waals surface area contributed by atoms with Gasteiger partial charge in [0.25, 0.3) is 0 Å². The van der Waals surface area contributed by atoms with Crippen molar-refractivity contribution in [1.82, 2.24) is 5.32 Å². The Morgan fingerprint density at radius 3 is 1.65 bits per heavy atom. The highest BCUT2D eigenvalue weighted by Crippen LogP contribution is 2.12. The summed E-state index contributed by atoms with van der Waals surface area (Å²) in [5, 5.41) is 2.86. The average molecular weight is 324 g/mol. The van der Waals surface area contributed by atoms with Crippen molar-refractivity contribution in [3.05, 3.63) is 12.2 Å². The van der Waals surface area contributed by atoms with Gasteiger partial charge >= 0.3 is 0 Å². The maximum atomic E-state index is 11.3. The van der Waals surface area contributed by atoms with Gasteiger partial charge in [-0.05, 0) is 25.3 Å². The van der Waals surface area contributed by atoms with Gasteiger partial charge in [0.05, 0.1) is 0 Å². The second-order valence-electron chi connectivity index (χ2n) is 6.72. The summed E-state index contributed by atoms with van der Waals surface area (Å²) >= 11 is 0. The minimum absolute atomic E-state index is 0.0570. The van der Waals surface area contributed by atoms with Crippen LogP contribution >= 0.6 is 0 Å². The number of nitrogens with one attached hydrogen (secondary N) is 1. The maximum absolute atomic E-state index is 11.3. The zero-order valence-corrected chi connectivity index (χ0v) is 15.9.